The van der Waals surface area contributed by atoms with Crippen molar-refractivity contribution >= 4 is 10.0 Å². The third kappa shape index (κ3) is 2.48. The summed E-state index contributed by atoms with van der Waals surface area (Å²) in [7, 11) is -3.41. The number of nitrogens with zero attached hydrogens (tertiary/aromatic N) is 2. The molecule has 0 bridgehead atoms. The number of aromatic amines is 1. The second kappa shape index (κ2) is 5.38. The summed E-state index contributed by atoms with van der Waals surface area (Å²) in [6.07, 6.45) is 3.18. The molecule has 6 heteroatoms. The molecule has 0 atom stereocenters. The molecule has 1 fully saturated rings. The molecule has 1 saturated heterocycles. The van der Waals surface area contributed by atoms with Gasteiger partial charge in [0.2, 0.25) is 0 Å². The highest BCUT2D eigenvalue weighted by Gasteiger charge is 2.30. The second-order valence-electron chi connectivity index (χ2n) is 5.01. The average molecular weight is 291 g/mol. The molecule has 0 spiro atoms. The van der Waals surface area contributed by atoms with Crippen LogP contribution in [0.2, 0.25) is 0 Å². The van der Waals surface area contributed by atoms with Gasteiger partial charge in [0, 0.05) is 13.1 Å². The largest absolute Gasteiger partial charge is 0.266 e. The van der Waals surface area contributed by atoms with E-state index in [0.717, 1.165) is 12.8 Å². The molecule has 1 aromatic carbocycles. The summed E-state index contributed by atoms with van der Waals surface area (Å²) < 4.78 is 26.2. The van der Waals surface area contributed by atoms with Gasteiger partial charge in [-0.25, -0.2) is 8.42 Å². The maximum Gasteiger partial charge on any atom is 0.259 e. The van der Waals surface area contributed by atoms with Crippen molar-refractivity contribution < 1.29 is 8.42 Å². The molecule has 1 aliphatic heterocycles. The van der Waals surface area contributed by atoms with E-state index in [1.165, 1.54) is 17.8 Å². The van der Waals surface area contributed by atoms with Crippen LogP contribution in [0, 0.1) is 0 Å². The van der Waals surface area contributed by atoms with Crippen LogP contribution in [0.5, 0.6) is 0 Å². The van der Waals surface area contributed by atoms with Crippen molar-refractivity contribution in [3.05, 3.63) is 48.2 Å². The maximum atomic E-state index is 12.3. The van der Waals surface area contributed by atoms with Crippen molar-refractivity contribution in [1.29, 1.82) is 0 Å². The number of sulfonamides is 1. The first-order valence-electron chi connectivity index (χ1n) is 6.72. The number of benzene rings is 1. The summed E-state index contributed by atoms with van der Waals surface area (Å²) in [4.78, 5) is 0. The van der Waals surface area contributed by atoms with E-state index in [0.29, 0.717) is 19.0 Å². The van der Waals surface area contributed by atoms with Gasteiger partial charge in [0.25, 0.3) is 10.0 Å². The Hall–Kier alpha value is -1.66. The molecule has 5 nitrogen and oxygen atoms in total. The standard InChI is InChI=1S/C14H17N3O2S/c18-20(19,14-6-9-15-16-14)17-10-7-13(8-11-17)12-4-2-1-3-5-12/h1-6,9,13H,7-8,10-11H2,(H,15,16). The first-order valence-corrected chi connectivity index (χ1v) is 8.16. The van der Waals surface area contributed by atoms with Gasteiger partial charge in [0.15, 0.2) is 5.03 Å². The van der Waals surface area contributed by atoms with Crippen LogP contribution < -0.4 is 0 Å². The fourth-order valence-electron chi connectivity index (χ4n) is 2.68. The number of nitrogens with one attached hydrogen (secondary N) is 1. The van der Waals surface area contributed by atoms with E-state index in [2.05, 4.69) is 22.3 Å². The first kappa shape index (κ1) is 13.3. The summed E-state index contributed by atoms with van der Waals surface area (Å²) in [5, 5.41) is 6.43. The van der Waals surface area contributed by atoms with Gasteiger partial charge in [0.1, 0.15) is 0 Å². The number of H-pyrrole nitrogens is 1. The van der Waals surface area contributed by atoms with E-state index >= 15 is 0 Å². The van der Waals surface area contributed by atoms with Gasteiger partial charge < -0.3 is 0 Å². The van der Waals surface area contributed by atoms with Crippen LogP contribution >= 0.6 is 0 Å². The van der Waals surface area contributed by atoms with E-state index in [9.17, 15) is 8.42 Å². The molecule has 0 aliphatic carbocycles. The minimum Gasteiger partial charge on any atom is -0.266 e. The van der Waals surface area contributed by atoms with Crippen LogP contribution in [0.15, 0.2) is 47.6 Å². The summed E-state index contributed by atoms with van der Waals surface area (Å²) in [6, 6.07) is 11.8. The van der Waals surface area contributed by atoms with Crippen molar-refractivity contribution in [2.75, 3.05) is 13.1 Å². The Morgan fingerprint density at radius 2 is 1.80 bits per heavy atom. The van der Waals surface area contributed by atoms with E-state index in [1.807, 2.05) is 18.2 Å². The highest BCUT2D eigenvalue weighted by atomic mass is 32.2. The van der Waals surface area contributed by atoms with Gasteiger partial charge in [-0.1, -0.05) is 30.3 Å². The molecule has 0 saturated carbocycles. The van der Waals surface area contributed by atoms with Gasteiger partial charge in [-0.15, -0.1) is 0 Å². The summed E-state index contributed by atoms with van der Waals surface area (Å²) in [5.41, 5.74) is 1.30. The van der Waals surface area contributed by atoms with Gasteiger partial charge in [-0.05, 0) is 30.4 Å². The quantitative estimate of drug-likeness (QED) is 0.940. The van der Waals surface area contributed by atoms with Crippen LogP contribution in [0.25, 0.3) is 0 Å². The summed E-state index contributed by atoms with van der Waals surface area (Å²) >= 11 is 0. The molecule has 2 aromatic rings. The zero-order valence-electron chi connectivity index (χ0n) is 11.1. The maximum absolute atomic E-state index is 12.3. The van der Waals surface area contributed by atoms with Crippen molar-refractivity contribution in [3.8, 4) is 0 Å². The van der Waals surface area contributed by atoms with E-state index in [-0.39, 0.29) is 5.03 Å². The van der Waals surface area contributed by atoms with Crippen LogP contribution in [-0.4, -0.2) is 36.0 Å². The summed E-state index contributed by atoms with van der Waals surface area (Å²) in [5.74, 6) is 0.449. The number of hydrogen-bond acceptors (Lipinski definition) is 3. The molecule has 1 N–H and O–H groups in total. The predicted molar refractivity (Wildman–Crippen MR) is 75.8 cm³/mol. The predicted octanol–water partition coefficient (Wildman–Crippen LogP) is 1.98. The van der Waals surface area contributed by atoms with E-state index in [4.69, 9.17) is 0 Å². The van der Waals surface area contributed by atoms with Gasteiger partial charge in [-0.2, -0.15) is 9.40 Å². The minimum absolute atomic E-state index is 0.177. The molecular weight excluding hydrogens is 274 g/mol. The number of aromatic nitrogens is 2. The lowest BCUT2D eigenvalue weighted by Crippen LogP contribution is -2.38. The van der Waals surface area contributed by atoms with Crippen LogP contribution in [0.3, 0.4) is 0 Å². The smallest absolute Gasteiger partial charge is 0.259 e. The Morgan fingerprint density at radius 1 is 1.10 bits per heavy atom. The SMILES string of the molecule is O=S(=O)(c1ccn[nH]1)N1CCC(c2ccccc2)CC1. The molecule has 3 rings (SSSR count). The van der Waals surface area contributed by atoms with Gasteiger partial charge in [-0.3, -0.25) is 5.10 Å². The van der Waals surface area contributed by atoms with Crippen molar-refractivity contribution in [2.24, 2.45) is 0 Å². The molecule has 1 aromatic heterocycles. The normalized spacial score (nSPS) is 18.2. The Morgan fingerprint density at radius 3 is 2.40 bits per heavy atom. The fraction of sp³-hybridized carbons (Fsp3) is 0.357. The Labute approximate surface area is 118 Å². The lowest BCUT2D eigenvalue weighted by molar-refractivity contribution is 0.318. The molecule has 2 heterocycles. The van der Waals surface area contributed by atoms with Gasteiger partial charge in [0.05, 0.1) is 6.20 Å². The monoisotopic (exact) mass is 291 g/mol. The number of piperidine rings is 1. The van der Waals surface area contributed by atoms with Crippen LogP contribution in [-0.2, 0) is 10.0 Å². The Bertz CT molecular complexity index is 645. The topological polar surface area (TPSA) is 66.1 Å². The highest BCUT2D eigenvalue weighted by Crippen LogP contribution is 2.30. The fourth-order valence-corrected chi connectivity index (χ4v) is 4.05. The van der Waals surface area contributed by atoms with E-state index in [1.54, 1.807) is 4.31 Å². The first-order chi connectivity index (χ1) is 9.68. The lowest BCUT2D eigenvalue weighted by atomic mass is 9.90. The highest BCUT2D eigenvalue weighted by molar-refractivity contribution is 7.89. The zero-order chi connectivity index (χ0) is 14.0. The third-order valence-electron chi connectivity index (χ3n) is 3.82. The molecule has 0 unspecified atom stereocenters. The third-order valence-corrected chi connectivity index (χ3v) is 5.65. The molecule has 1 aliphatic rings. The number of rotatable bonds is 3. The van der Waals surface area contributed by atoms with E-state index < -0.39 is 10.0 Å². The number of hydrogen-bond donors (Lipinski definition) is 1. The molecule has 0 radical (unpaired) electrons. The molecular formula is C14H17N3O2S. The van der Waals surface area contributed by atoms with Crippen LogP contribution in [0.1, 0.15) is 24.3 Å². The second-order valence-corrected chi connectivity index (χ2v) is 6.92. The zero-order valence-corrected chi connectivity index (χ0v) is 11.9. The summed E-state index contributed by atoms with van der Waals surface area (Å²) in [6.45, 7) is 1.11. The molecule has 20 heavy (non-hydrogen) atoms. The lowest BCUT2D eigenvalue weighted by Gasteiger charge is -2.30. The molecule has 106 valence electrons. The minimum atomic E-state index is -3.41. The van der Waals surface area contributed by atoms with Crippen LogP contribution in [0.4, 0.5) is 0 Å². The van der Waals surface area contributed by atoms with Crippen molar-refractivity contribution in [1.82, 2.24) is 14.5 Å². The van der Waals surface area contributed by atoms with Crippen molar-refractivity contribution in [3.63, 3.8) is 0 Å². The average Bonchev–Trinajstić information content (AvgIpc) is 3.03. The molecule has 0 amide bonds. The van der Waals surface area contributed by atoms with Crippen molar-refractivity contribution in [2.45, 2.75) is 23.8 Å². The Kier molecular flexibility index (Phi) is 3.58. The van der Waals surface area contributed by atoms with Gasteiger partial charge >= 0.3 is 0 Å². The Balaban J connectivity index is 1.70.